The van der Waals surface area contributed by atoms with E-state index in [0.717, 1.165) is 12.8 Å². The summed E-state index contributed by atoms with van der Waals surface area (Å²) >= 11 is 0. The van der Waals surface area contributed by atoms with E-state index in [1.54, 1.807) is 6.92 Å². The summed E-state index contributed by atoms with van der Waals surface area (Å²) in [6, 6.07) is 0. The molecule has 2 unspecified atom stereocenters. The Balaban J connectivity index is 2.73. The number of rotatable bonds is 9. The molecule has 0 aliphatic carbocycles. The Kier molecular flexibility index (Phi) is 9.06. The number of carbonyl (C=O) groups is 3. The molecule has 1 saturated heterocycles. The Hall–Kier alpha value is -1.47. The normalized spacial score (nSPS) is 29.1. The third-order valence-corrected chi connectivity index (χ3v) is 4.16. The Labute approximate surface area is 149 Å². The molecule has 0 aromatic rings. The third-order valence-electron chi connectivity index (χ3n) is 4.16. The fourth-order valence-electron chi connectivity index (χ4n) is 2.93. The van der Waals surface area contributed by atoms with E-state index in [4.69, 9.17) is 18.9 Å². The van der Waals surface area contributed by atoms with Gasteiger partial charge in [0.25, 0.3) is 0 Å². The molecule has 0 saturated carbocycles. The minimum atomic E-state index is -0.654. The predicted octanol–water partition coefficient (Wildman–Crippen LogP) is 2.40. The number of unbranched alkanes of at least 4 members (excludes halogenated alkanes) is 1. The highest BCUT2D eigenvalue weighted by atomic mass is 16.7. The number of ether oxygens (including phenoxy) is 4. The molecule has 0 aromatic carbocycles. The van der Waals surface area contributed by atoms with Crippen LogP contribution in [0.1, 0.15) is 60.3 Å². The second-order valence-electron chi connectivity index (χ2n) is 6.49. The summed E-state index contributed by atoms with van der Waals surface area (Å²) in [4.78, 5) is 33.8. The minimum Gasteiger partial charge on any atom is -0.458 e. The molecule has 0 N–H and O–H groups in total. The maximum atomic E-state index is 11.5. The summed E-state index contributed by atoms with van der Waals surface area (Å²) in [6.07, 6.45) is 0.386. The van der Waals surface area contributed by atoms with Gasteiger partial charge in [0, 0.05) is 32.8 Å². The van der Waals surface area contributed by atoms with Crippen molar-refractivity contribution in [2.24, 2.45) is 5.92 Å². The minimum absolute atomic E-state index is 0.160. The zero-order valence-corrected chi connectivity index (χ0v) is 15.8. The first-order valence-electron chi connectivity index (χ1n) is 8.87. The molecule has 1 rings (SSSR count). The molecular formula is C18H30O7. The van der Waals surface area contributed by atoms with Crippen LogP contribution in [0.15, 0.2) is 0 Å². The number of Topliss-reactive ketones (excluding diaryl/α,β-unsaturated/α-hetero) is 1. The molecule has 1 aliphatic heterocycles. The third kappa shape index (κ3) is 7.12. The van der Waals surface area contributed by atoms with Crippen molar-refractivity contribution in [3.8, 4) is 0 Å². The van der Waals surface area contributed by atoms with Gasteiger partial charge in [0.2, 0.25) is 0 Å². The van der Waals surface area contributed by atoms with Gasteiger partial charge >= 0.3 is 11.9 Å². The van der Waals surface area contributed by atoms with E-state index in [-0.39, 0.29) is 11.7 Å². The number of esters is 2. The van der Waals surface area contributed by atoms with E-state index >= 15 is 0 Å². The van der Waals surface area contributed by atoms with Crippen LogP contribution in [-0.2, 0) is 33.3 Å². The van der Waals surface area contributed by atoms with Crippen molar-refractivity contribution in [1.29, 1.82) is 0 Å². The number of carbonyl (C=O) groups excluding carboxylic acids is 3. The topological polar surface area (TPSA) is 88.1 Å². The molecular weight excluding hydrogens is 328 g/mol. The highest BCUT2D eigenvalue weighted by molar-refractivity contribution is 5.75. The van der Waals surface area contributed by atoms with Gasteiger partial charge in [-0.1, -0.05) is 13.8 Å². The first kappa shape index (κ1) is 21.6. The number of ketones is 1. The van der Waals surface area contributed by atoms with E-state index in [0.29, 0.717) is 19.4 Å². The lowest BCUT2D eigenvalue weighted by Crippen LogP contribution is -2.57. The van der Waals surface area contributed by atoms with Crippen LogP contribution in [-0.4, -0.2) is 48.9 Å². The van der Waals surface area contributed by atoms with Crippen molar-refractivity contribution in [3.05, 3.63) is 0 Å². The molecule has 0 aromatic heterocycles. The fraction of sp³-hybridized carbons (Fsp3) is 0.833. The van der Waals surface area contributed by atoms with Gasteiger partial charge in [-0.3, -0.25) is 9.59 Å². The van der Waals surface area contributed by atoms with Gasteiger partial charge in [0.1, 0.15) is 18.0 Å². The van der Waals surface area contributed by atoms with Gasteiger partial charge in [0.05, 0.1) is 0 Å². The van der Waals surface area contributed by atoms with Gasteiger partial charge in [-0.25, -0.2) is 0 Å². The first-order chi connectivity index (χ1) is 11.8. The SMILES string of the molecule is CCC1O[C@@H](OCCCCC(C)=O)C(C)[C@@H](OC(C)=O)[C@@H]1OC(C)=O. The van der Waals surface area contributed by atoms with Gasteiger partial charge in [-0.2, -0.15) is 0 Å². The summed E-state index contributed by atoms with van der Waals surface area (Å²) in [5, 5.41) is 0. The Morgan fingerprint density at radius 1 is 0.960 bits per heavy atom. The Morgan fingerprint density at radius 3 is 2.08 bits per heavy atom. The molecule has 7 nitrogen and oxygen atoms in total. The Bertz CT molecular complexity index is 462. The lowest BCUT2D eigenvalue weighted by atomic mass is 9.90. The summed E-state index contributed by atoms with van der Waals surface area (Å²) in [7, 11) is 0. The Morgan fingerprint density at radius 2 is 1.56 bits per heavy atom. The highest BCUT2D eigenvalue weighted by Gasteiger charge is 2.47. The van der Waals surface area contributed by atoms with Crippen molar-refractivity contribution in [2.45, 2.75) is 84.9 Å². The zero-order chi connectivity index (χ0) is 19.0. The van der Waals surface area contributed by atoms with Crippen LogP contribution in [0.3, 0.4) is 0 Å². The maximum absolute atomic E-state index is 11.5. The molecule has 1 fully saturated rings. The van der Waals surface area contributed by atoms with E-state index < -0.39 is 36.5 Å². The lowest BCUT2D eigenvalue weighted by Gasteiger charge is -2.44. The van der Waals surface area contributed by atoms with Crippen LogP contribution in [0.5, 0.6) is 0 Å². The smallest absolute Gasteiger partial charge is 0.303 e. The molecule has 0 amide bonds. The van der Waals surface area contributed by atoms with Crippen molar-refractivity contribution in [1.82, 2.24) is 0 Å². The first-order valence-corrected chi connectivity index (χ1v) is 8.87. The summed E-state index contributed by atoms with van der Waals surface area (Å²) < 4.78 is 22.5. The summed E-state index contributed by atoms with van der Waals surface area (Å²) in [5.41, 5.74) is 0. The van der Waals surface area contributed by atoms with Gasteiger partial charge < -0.3 is 23.7 Å². The van der Waals surface area contributed by atoms with E-state index in [2.05, 4.69) is 0 Å². The van der Waals surface area contributed by atoms with Gasteiger partial charge in [0.15, 0.2) is 12.4 Å². The van der Waals surface area contributed by atoms with Gasteiger partial charge in [-0.15, -0.1) is 0 Å². The molecule has 0 radical (unpaired) electrons. The maximum Gasteiger partial charge on any atom is 0.303 e. The van der Waals surface area contributed by atoms with Gasteiger partial charge in [-0.05, 0) is 26.2 Å². The number of hydrogen-bond acceptors (Lipinski definition) is 7. The van der Waals surface area contributed by atoms with Crippen molar-refractivity contribution < 1.29 is 33.3 Å². The molecule has 0 bridgehead atoms. The predicted molar refractivity (Wildman–Crippen MR) is 89.7 cm³/mol. The van der Waals surface area contributed by atoms with E-state index in [1.807, 2.05) is 13.8 Å². The molecule has 5 atom stereocenters. The second kappa shape index (κ2) is 10.5. The van der Waals surface area contributed by atoms with Crippen molar-refractivity contribution >= 4 is 17.7 Å². The zero-order valence-electron chi connectivity index (χ0n) is 15.8. The van der Waals surface area contributed by atoms with Crippen LogP contribution in [0.4, 0.5) is 0 Å². The fourth-order valence-corrected chi connectivity index (χ4v) is 2.93. The molecule has 144 valence electrons. The standard InChI is InChI=1S/C18H30O7/c1-6-15-17(24-14(5)21)16(23-13(4)20)12(3)18(25-15)22-10-8-7-9-11(2)19/h12,15-18H,6-10H2,1-5H3/t12?,15?,16-,17-,18-/m1/s1. The average molecular weight is 358 g/mol. The quantitative estimate of drug-likeness (QED) is 0.462. The van der Waals surface area contributed by atoms with Crippen LogP contribution in [0.2, 0.25) is 0 Å². The van der Waals surface area contributed by atoms with Crippen molar-refractivity contribution in [3.63, 3.8) is 0 Å². The monoisotopic (exact) mass is 358 g/mol. The van der Waals surface area contributed by atoms with E-state index in [1.165, 1.54) is 13.8 Å². The molecule has 1 aliphatic rings. The highest BCUT2D eigenvalue weighted by Crippen LogP contribution is 2.32. The van der Waals surface area contributed by atoms with Crippen LogP contribution < -0.4 is 0 Å². The van der Waals surface area contributed by atoms with E-state index in [9.17, 15) is 14.4 Å². The summed E-state index contributed by atoms with van der Waals surface area (Å²) in [5.74, 6) is -1.01. The molecule has 25 heavy (non-hydrogen) atoms. The second-order valence-corrected chi connectivity index (χ2v) is 6.49. The van der Waals surface area contributed by atoms with Crippen LogP contribution in [0.25, 0.3) is 0 Å². The van der Waals surface area contributed by atoms with Crippen LogP contribution >= 0.6 is 0 Å². The molecule has 7 heteroatoms. The summed E-state index contributed by atoms with van der Waals surface area (Å²) in [6.45, 7) is 8.41. The van der Waals surface area contributed by atoms with Crippen molar-refractivity contribution in [2.75, 3.05) is 6.61 Å². The largest absolute Gasteiger partial charge is 0.458 e. The average Bonchev–Trinajstić information content (AvgIpc) is 2.51. The van der Waals surface area contributed by atoms with Crippen LogP contribution in [0, 0.1) is 5.92 Å². The molecule has 0 spiro atoms. The lowest BCUT2D eigenvalue weighted by molar-refractivity contribution is -0.283. The number of hydrogen-bond donors (Lipinski definition) is 0. The molecule has 1 heterocycles.